The van der Waals surface area contributed by atoms with E-state index in [9.17, 15) is 0 Å². The van der Waals surface area contributed by atoms with Crippen LogP contribution in [0.2, 0.25) is 0 Å². The molecular formula is C7H10NU. The van der Waals surface area contributed by atoms with Crippen LogP contribution in [0.1, 0.15) is 0 Å². The van der Waals surface area contributed by atoms with E-state index < -0.39 is 0 Å². The monoisotopic (exact) mass is 346 g/mol. The fraction of sp³-hybridized carbons (Fsp3) is 0. The van der Waals surface area contributed by atoms with Crippen molar-refractivity contribution in [2.24, 2.45) is 0 Å². The Bertz CT molecular complexity index is 80.8. The third-order valence-corrected chi connectivity index (χ3v) is 0.607. The maximum atomic E-state index is 2.89. The van der Waals surface area contributed by atoms with E-state index in [1.54, 1.807) is 0 Å². The Kier molecular flexibility index (Phi) is 19.8. The standard InChI is InChI=1S/C6H5.CH3.H2N.U/c1-2-4-6-5-3-1;;;/h1-5H;1H3;1H2;/q3*-1;+3. The molecule has 2 N–H and O–H groups in total. The summed E-state index contributed by atoms with van der Waals surface area (Å²) in [6.45, 7) is 0. The number of benzene rings is 1. The molecule has 47 valence electrons. The van der Waals surface area contributed by atoms with Crippen LogP contribution in [0.25, 0.3) is 6.15 Å². The third-order valence-electron chi connectivity index (χ3n) is 0.607. The minimum absolute atomic E-state index is 0. The zero-order valence-corrected chi connectivity index (χ0v) is 9.63. The van der Waals surface area contributed by atoms with Crippen LogP contribution < -0.4 is 0 Å². The Balaban J connectivity index is -0.000000120. The van der Waals surface area contributed by atoms with Gasteiger partial charge in [0.15, 0.2) is 0 Å². The molecule has 1 aromatic rings. The molecule has 0 aliphatic rings. The number of hydrogen-bond acceptors (Lipinski definition) is 0. The SMILES string of the molecule is [CH3-].[NH2-].[U+3].[c-]1ccccc1. The smallest absolute Gasteiger partial charge is 0.693 e. The molecule has 0 bridgehead atoms. The third kappa shape index (κ3) is 8.23. The van der Waals surface area contributed by atoms with E-state index in [0.29, 0.717) is 0 Å². The van der Waals surface area contributed by atoms with E-state index in [2.05, 4.69) is 6.07 Å². The van der Waals surface area contributed by atoms with Crippen LogP contribution in [0.5, 0.6) is 0 Å². The fourth-order valence-corrected chi connectivity index (χ4v) is 0.342. The van der Waals surface area contributed by atoms with Gasteiger partial charge in [0.05, 0.1) is 0 Å². The molecule has 0 aromatic heterocycles. The molecule has 1 radical (unpaired) electrons. The van der Waals surface area contributed by atoms with E-state index in [0.717, 1.165) is 0 Å². The number of hydrogen-bond donors (Lipinski definition) is 0. The minimum atomic E-state index is 0. The molecule has 2 heteroatoms. The predicted octanol–water partition coefficient (Wildman–Crippen LogP) is 2.65. The van der Waals surface area contributed by atoms with E-state index in [1.807, 2.05) is 30.3 Å². The van der Waals surface area contributed by atoms with Crippen molar-refractivity contribution in [1.29, 1.82) is 0 Å². The first-order chi connectivity index (χ1) is 3.00. The quantitative estimate of drug-likeness (QED) is 0.648. The van der Waals surface area contributed by atoms with Crippen molar-refractivity contribution in [3.63, 3.8) is 0 Å². The van der Waals surface area contributed by atoms with E-state index in [-0.39, 0.29) is 44.7 Å². The van der Waals surface area contributed by atoms with Gasteiger partial charge in [-0.1, -0.05) is 0 Å². The summed E-state index contributed by atoms with van der Waals surface area (Å²) in [5.74, 6) is 0. The molecule has 0 spiro atoms. The largest absolute Gasteiger partial charge is 3.00 e. The zero-order valence-electron chi connectivity index (χ0n) is 5.46. The van der Waals surface area contributed by atoms with Gasteiger partial charge in [0.25, 0.3) is 0 Å². The van der Waals surface area contributed by atoms with Crippen LogP contribution in [0.15, 0.2) is 30.3 Å². The molecule has 0 fully saturated rings. The second kappa shape index (κ2) is 11.1. The molecular weight excluding hydrogens is 336 g/mol. The summed E-state index contributed by atoms with van der Waals surface area (Å²) in [4.78, 5) is 0. The van der Waals surface area contributed by atoms with Gasteiger partial charge in [0, 0.05) is 0 Å². The fourth-order valence-electron chi connectivity index (χ4n) is 0.342. The average Bonchev–Trinajstić information content (AvgIpc) is 1.72. The zero-order chi connectivity index (χ0) is 4.24. The summed E-state index contributed by atoms with van der Waals surface area (Å²) in [7, 11) is 0. The first kappa shape index (κ1) is 16.1. The Labute approximate surface area is 80.8 Å². The topological polar surface area (TPSA) is 33.5 Å². The van der Waals surface area contributed by atoms with Crippen molar-refractivity contribution in [1.82, 2.24) is 0 Å². The van der Waals surface area contributed by atoms with Crippen LogP contribution in [0.3, 0.4) is 0 Å². The first-order valence-electron chi connectivity index (χ1n) is 1.91. The molecule has 0 amide bonds. The van der Waals surface area contributed by atoms with E-state index >= 15 is 0 Å². The molecule has 0 unspecified atom stereocenters. The molecule has 0 heterocycles. The van der Waals surface area contributed by atoms with E-state index in [1.165, 1.54) is 0 Å². The molecule has 0 aliphatic heterocycles. The Morgan fingerprint density at radius 2 is 1.33 bits per heavy atom. The van der Waals surface area contributed by atoms with Crippen molar-refractivity contribution in [3.8, 4) is 0 Å². The second-order valence-electron chi connectivity index (χ2n) is 1.08. The van der Waals surface area contributed by atoms with Crippen LogP contribution >= 0.6 is 0 Å². The predicted molar refractivity (Wildman–Crippen MR) is 37.0 cm³/mol. The van der Waals surface area contributed by atoms with E-state index in [4.69, 9.17) is 0 Å². The summed E-state index contributed by atoms with van der Waals surface area (Å²) < 4.78 is 0. The molecule has 0 saturated heterocycles. The van der Waals surface area contributed by atoms with Gasteiger partial charge in [-0.2, -0.15) is 36.4 Å². The van der Waals surface area contributed by atoms with Crippen LogP contribution in [0, 0.1) is 44.6 Å². The van der Waals surface area contributed by atoms with Gasteiger partial charge in [-0.15, -0.1) is 0 Å². The van der Waals surface area contributed by atoms with Crippen LogP contribution in [0.4, 0.5) is 0 Å². The molecule has 0 saturated carbocycles. The summed E-state index contributed by atoms with van der Waals surface area (Å²) in [5.41, 5.74) is 0. The van der Waals surface area contributed by atoms with Crippen molar-refractivity contribution in [2.45, 2.75) is 0 Å². The van der Waals surface area contributed by atoms with Gasteiger partial charge >= 0.3 is 31.1 Å². The molecule has 0 aliphatic carbocycles. The van der Waals surface area contributed by atoms with Gasteiger partial charge in [0.1, 0.15) is 0 Å². The Hall–Kier alpha value is 0.232. The van der Waals surface area contributed by atoms with Gasteiger partial charge in [-0.3, -0.25) is 0 Å². The summed E-state index contributed by atoms with van der Waals surface area (Å²) in [6.07, 6.45) is 0. The Morgan fingerprint density at radius 1 is 0.889 bits per heavy atom. The van der Waals surface area contributed by atoms with Crippen molar-refractivity contribution in [2.75, 3.05) is 0 Å². The molecule has 9 heavy (non-hydrogen) atoms. The van der Waals surface area contributed by atoms with Gasteiger partial charge < -0.3 is 13.6 Å². The van der Waals surface area contributed by atoms with Gasteiger partial charge in [-0.25, -0.2) is 0 Å². The maximum absolute atomic E-state index is 2.89. The first-order valence-corrected chi connectivity index (χ1v) is 1.91. The van der Waals surface area contributed by atoms with Crippen molar-refractivity contribution in [3.05, 3.63) is 50.0 Å². The van der Waals surface area contributed by atoms with Crippen LogP contribution in [-0.4, -0.2) is 0 Å². The average molecular weight is 346 g/mol. The minimum Gasteiger partial charge on any atom is -0.693 e. The van der Waals surface area contributed by atoms with Gasteiger partial charge in [-0.05, 0) is 0 Å². The van der Waals surface area contributed by atoms with Crippen molar-refractivity contribution < 1.29 is 31.1 Å². The normalized spacial score (nSPS) is 5.33. The molecule has 1 rings (SSSR count). The molecule has 1 nitrogen and oxygen atoms in total. The van der Waals surface area contributed by atoms with Gasteiger partial charge in [0.2, 0.25) is 0 Å². The second-order valence-corrected chi connectivity index (χ2v) is 1.08. The Morgan fingerprint density at radius 3 is 1.44 bits per heavy atom. The van der Waals surface area contributed by atoms with Crippen LogP contribution in [-0.2, 0) is 0 Å². The molecule has 0 atom stereocenters. The maximum Gasteiger partial charge on any atom is 3.00 e. The number of rotatable bonds is 0. The molecule has 1 aromatic carbocycles. The summed E-state index contributed by atoms with van der Waals surface area (Å²) >= 11 is 0. The summed E-state index contributed by atoms with van der Waals surface area (Å²) in [6, 6.07) is 12.5. The number of nitrogens with two attached hydrogens (primary N) is 1. The van der Waals surface area contributed by atoms with Crippen molar-refractivity contribution >= 4 is 0 Å². The summed E-state index contributed by atoms with van der Waals surface area (Å²) in [5, 5.41) is 0.